The number of esters is 1. The number of nitro benzene ring substituents is 1. The number of nitrogens with one attached hydrogen (secondary N) is 1. The van der Waals surface area contributed by atoms with E-state index < -0.39 is 16.8 Å². The second kappa shape index (κ2) is 10.6. The largest absolute Gasteiger partial charge is 1.00 e. The van der Waals surface area contributed by atoms with Crippen molar-refractivity contribution >= 4 is 23.1 Å². The van der Waals surface area contributed by atoms with Gasteiger partial charge >= 0.3 is 5.97 Å². The molecule has 0 aliphatic heterocycles. The van der Waals surface area contributed by atoms with E-state index in [0.29, 0.717) is 18.4 Å². The fourth-order valence-corrected chi connectivity index (χ4v) is 3.72. The van der Waals surface area contributed by atoms with Crippen LogP contribution in [0.25, 0.3) is 0 Å². The third-order valence-corrected chi connectivity index (χ3v) is 5.20. The number of Topliss-reactive ketones (excluding diaryl/α,β-unsaturated/α-hetero) is 1. The van der Waals surface area contributed by atoms with E-state index in [2.05, 4.69) is 5.32 Å². The Morgan fingerprint density at radius 3 is 2.48 bits per heavy atom. The standard InChI is InChI=1S/C22H24N2O6.FH/c1-14(25)30-20-10-6-5-9-18(20)23-17-12-11-16(13-19(17)24(28)29)22(27)21(26)15-7-3-2-4-8-15;/h2-4,7-8,11-13,18,20-21,23,26H,5-6,9-10H2,1H3;1H/p-1. The summed E-state index contributed by atoms with van der Waals surface area (Å²) in [5.74, 6) is -1.01. The Morgan fingerprint density at radius 1 is 1.16 bits per heavy atom. The van der Waals surface area contributed by atoms with Crippen molar-refractivity contribution in [2.75, 3.05) is 5.32 Å². The number of anilines is 1. The molecular formula is C22H24FN2O6-. The van der Waals surface area contributed by atoms with Crippen LogP contribution in [0, 0.1) is 10.1 Å². The molecule has 0 heterocycles. The van der Waals surface area contributed by atoms with Gasteiger partial charge in [-0.2, -0.15) is 0 Å². The Hall–Kier alpha value is -3.33. The van der Waals surface area contributed by atoms with Gasteiger partial charge in [0, 0.05) is 18.6 Å². The van der Waals surface area contributed by atoms with Gasteiger partial charge < -0.3 is 19.9 Å². The number of carbonyl (C=O) groups is 2. The van der Waals surface area contributed by atoms with Gasteiger partial charge in [0.15, 0.2) is 5.78 Å². The van der Waals surface area contributed by atoms with Crippen molar-refractivity contribution < 1.29 is 29.1 Å². The van der Waals surface area contributed by atoms with E-state index in [9.17, 15) is 24.8 Å². The predicted molar refractivity (Wildman–Crippen MR) is 110 cm³/mol. The summed E-state index contributed by atoms with van der Waals surface area (Å²) < 4.78 is 5.36. The number of ketones is 1. The average Bonchev–Trinajstić information content (AvgIpc) is 2.74. The number of halogens is 1. The third-order valence-electron chi connectivity index (χ3n) is 5.20. The van der Waals surface area contributed by atoms with Gasteiger partial charge in [-0.3, -0.25) is 19.7 Å². The van der Waals surface area contributed by atoms with E-state index in [4.69, 9.17) is 4.74 Å². The number of aliphatic hydroxyl groups excluding tert-OH is 1. The Kier molecular flexibility index (Phi) is 8.21. The van der Waals surface area contributed by atoms with Crippen molar-refractivity contribution in [3.05, 3.63) is 69.8 Å². The predicted octanol–water partition coefficient (Wildman–Crippen LogP) is 0.801. The summed E-state index contributed by atoms with van der Waals surface area (Å²) in [6, 6.07) is 12.2. The molecule has 1 saturated carbocycles. The molecule has 3 unspecified atom stereocenters. The molecule has 2 aromatic carbocycles. The minimum Gasteiger partial charge on any atom is -1.00 e. The molecule has 0 saturated heterocycles. The molecule has 0 amide bonds. The van der Waals surface area contributed by atoms with E-state index in [1.54, 1.807) is 30.3 Å². The molecule has 1 aliphatic carbocycles. The van der Waals surface area contributed by atoms with Crippen LogP contribution >= 0.6 is 0 Å². The first-order valence-electron chi connectivity index (χ1n) is 9.86. The summed E-state index contributed by atoms with van der Waals surface area (Å²) >= 11 is 0. The van der Waals surface area contributed by atoms with Crippen LogP contribution in [0.2, 0.25) is 0 Å². The smallest absolute Gasteiger partial charge is 0.302 e. The van der Waals surface area contributed by atoms with Crippen LogP contribution in [0.1, 0.15) is 54.6 Å². The maximum atomic E-state index is 12.6. The number of ether oxygens (including phenoxy) is 1. The van der Waals surface area contributed by atoms with Gasteiger partial charge in [-0.05, 0) is 37.0 Å². The number of aliphatic hydroxyl groups is 1. The first kappa shape index (κ1) is 23.9. The lowest BCUT2D eigenvalue weighted by atomic mass is 9.92. The molecular weight excluding hydrogens is 407 g/mol. The third kappa shape index (κ3) is 5.85. The number of carbonyl (C=O) groups excluding carboxylic acids is 2. The second-order valence-corrected chi connectivity index (χ2v) is 7.35. The van der Waals surface area contributed by atoms with Crippen LogP contribution < -0.4 is 10.0 Å². The van der Waals surface area contributed by atoms with Crippen molar-refractivity contribution in [1.82, 2.24) is 0 Å². The molecule has 166 valence electrons. The number of nitro groups is 1. The summed E-state index contributed by atoms with van der Waals surface area (Å²) in [5.41, 5.74) is 0.436. The topological polar surface area (TPSA) is 119 Å². The molecule has 0 radical (unpaired) electrons. The van der Waals surface area contributed by atoms with Crippen LogP contribution in [0.3, 0.4) is 0 Å². The first-order chi connectivity index (χ1) is 14.4. The molecule has 2 aromatic rings. The van der Waals surface area contributed by atoms with Crippen LogP contribution in [-0.4, -0.2) is 33.9 Å². The monoisotopic (exact) mass is 431 g/mol. The normalized spacial score (nSPS) is 18.9. The van der Waals surface area contributed by atoms with Crippen LogP contribution in [0.15, 0.2) is 48.5 Å². The summed E-state index contributed by atoms with van der Waals surface area (Å²) in [6.45, 7) is 1.34. The summed E-state index contributed by atoms with van der Waals surface area (Å²) in [6.07, 6.45) is 1.47. The minimum absolute atomic E-state index is 0. The fourth-order valence-electron chi connectivity index (χ4n) is 3.72. The summed E-state index contributed by atoms with van der Waals surface area (Å²) in [5, 5.41) is 25.1. The van der Waals surface area contributed by atoms with Gasteiger partial charge in [-0.1, -0.05) is 36.8 Å². The number of hydrogen-bond donors (Lipinski definition) is 2. The lowest BCUT2D eigenvalue weighted by Gasteiger charge is -2.32. The number of rotatable bonds is 7. The van der Waals surface area contributed by atoms with E-state index >= 15 is 0 Å². The maximum absolute atomic E-state index is 12.6. The zero-order valence-electron chi connectivity index (χ0n) is 17.0. The number of benzene rings is 2. The van der Waals surface area contributed by atoms with Crippen LogP contribution in [-0.2, 0) is 9.53 Å². The summed E-state index contributed by atoms with van der Waals surface area (Å²) in [4.78, 5) is 35.1. The molecule has 3 rings (SSSR count). The van der Waals surface area contributed by atoms with Gasteiger partial charge in [0.1, 0.15) is 17.9 Å². The molecule has 0 aromatic heterocycles. The zero-order chi connectivity index (χ0) is 21.7. The highest BCUT2D eigenvalue weighted by atomic mass is 19.0. The maximum Gasteiger partial charge on any atom is 0.302 e. The minimum atomic E-state index is -1.41. The molecule has 1 aliphatic rings. The second-order valence-electron chi connectivity index (χ2n) is 7.35. The highest BCUT2D eigenvalue weighted by Gasteiger charge is 2.30. The highest BCUT2D eigenvalue weighted by Crippen LogP contribution is 2.32. The van der Waals surface area contributed by atoms with Gasteiger partial charge in [0.2, 0.25) is 0 Å². The Labute approximate surface area is 178 Å². The molecule has 31 heavy (non-hydrogen) atoms. The van der Waals surface area contributed by atoms with Crippen molar-refractivity contribution in [3.63, 3.8) is 0 Å². The van der Waals surface area contributed by atoms with Gasteiger partial charge in [0.05, 0.1) is 11.0 Å². The van der Waals surface area contributed by atoms with Crippen molar-refractivity contribution in [2.24, 2.45) is 0 Å². The Balaban J connectivity index is 0.00000341. The molecule has 0 spiro atoms. The van der Waals surface area contributed by atoms with Gasteiger partial charge in [0.25, 0.3) is 5.69 Å². The quantitative estimate of drug-likeness (QED) is 0.288. The van der Waals surface area contributed by atoms with Crippen LogP contribution in [0.5, 0.6) is 0 Å². The Bertz CT molecular complexity index is 937. The SMILES string of the molecule is CC(=O)OC1CCCCC1Nc1ccc(C(=O)C(O)c2ccccc2)cc1[N+](=O)[O-].[F-]. The number of nitrogens with zero attached hydrogens (tertiary/aromatic N) is 1. The van der Waals surface area contributed by atoms with Gasteiger partial charge in [-0.15, -0.1) is 0 Å². The molecule has 8 nitrogen and oxygen atoms in total. The van der Waals surface area contributed by atoms with Crippen molar-refractivity contribution in [2.45, 2.75) is 50.9 Å². The Morgan fingerprint density at radius 2 is 1.84 bits per heavy atom. The van der Waals surface area contributed by atoms with Crippen molar-refractivity contribution in [3.8, 4) is 0 Å². The lowest BCUT2D eigenvalue weighted by Crippen LogP contribution is -3.00. The molecule has 2 N–H and O–H groups in total. The van der Waals surface area contributed by atoms with Crippen LogP contribution in [0.4, 0.5) is 11.4 Å². The fraction of sp³-hybridized carbons (Fsp3) is 0.364. The molecule has 9 heteroatoms. The van der Waals surface area contributed by atoms with Crippen molar-refractivity contribution in [1.29, 1.82) is 0 Å². The van der Waals surface area contributed by atoms with Gasteiger partial charge in [-0.25, -0.2) is 0 Å². The molecule has 0 bridgehead atoms. The highest BCUT2D eigenvalue weighted by molar-refractivity contribution is 6.01. The average molecular weight is 431 g/mol. The van der Waals surface area contributed by atoms with E-state index in [0.717, 1.165) is 12.8 Å². The molecule has 1 fully saturated rings. The first-order valence-corrected chi connectivity index (χ1v) is 9.86. The van der Waals surface area contributed by atoms with E-state index in [-0.39, 0.29) is 39.8 Å². The van der Waals surface area contributed by atoms with E-state index in [1.165, 1.54) is 25.1 Å². The number of hydrogen-bond acceptors (Lipinski definition) is 7. The molecule has 3 atom stereocenters. The summed E-state index contributed by atoms with van der Waals surface area (Å²) in [7, 11) is 0. The zero-order valence-corrected chi connectivity index (χ0v) is 17.0. The lowest BCUT2D eigenvalue weighted by molar-refractivity contribution is -0.384. The van der Waals surface area contributed by atoms with E-state index in [1.807, 2.05) is 0 Å².